The smallest absolute Gasteiger partial charge is 0.444 e. The number of nitrogens with one attached hydrogen (secondary N) is 2. The number of nitrogens with zero attached hydrogens (tertiary/aromatic N) is 3. The number of aromatic nitrogens is 1. The molecule has 1 aromatic heterocycles. The Morgan fingerprint density at radius 3 is 2.37 bits per heavy atom. The lowest BCUT2D eigenvalue weighted by Gasteiger charge is -2.32. The van der Waals surface area contributed by atoms with E-state index < -0.39 is 15.5 Å². The van der Waals surface area contributed by atoms with Gasteiger partial charge in [-0.15, -0.1) is 24.0 Å². The van der Waals surface area contributed by atoms with Crippen LogP contribution in [0.3, 0.4) is 0 Å². The van der Waals surface area contributed by atoms with Crippen molar-refractivity contribution in [3.63, 3.8) is 0 Å². The number of guanidine groups is 1. The van der Waals surface area contributed by atoms with E-state index in [-0.39, 0.29) is 55.9 Å². The first-order chi connectivity index (χ1) is 12.0. The molecule has 0 atom stereocenters. The average Bonchev–Trinajstić information content (AvgIpc) is 2.89. The molecule has 1 aliphatic heterocycles. The first-order valence-electron chi connectivity index (χ1n) is 8.01. The molecule has 156 valence electrons. The van der Waals surface area contributed by atoms with E-state index in [2.05, 4.69) is 20.6 Å². The molecule has 1 saturated heterocycles. The SMILES string of the molecule is CN=C(NCc1nc(C)c(C)o1)NC1CCN(S(=O)(=O)C(F)(F)F)CC1.I. The molecule has 2 rings (SSSR count). The maximum absolute atomic E-state index is 12.6. The van der Waals surface area contributed by atoms with Gasteiger partial charge in [0.2, 0.25) is 5.89 Å². The summed E-state index contributed by atoms with van der Waals surface area (Å²) in [6.45, 7) is 3.54. The summed E-state index contributed by atoms with van der Waals surface area (Å²) in [6, 6.07) is -0.186. The van der Waals surface area contributed by atoms with E-state index in [0.29, 0.717) is 22.7 Å². The summed E-state index contributed by atoms with van der Waals surface area (Å²) in [4.78, 5) is 8.28. The zero-order valence-corrected chi connectivity index (χ0v) is 18.3. The predicted molar refractivity (Wildman–Crippen MR) is 104 cm³/mol. The van der Waals surface area contributed by atoms with Gasteiger partial charge in [-0.05, 0) is 26.7 Å². The van der Waals surface area contributed by atoms with E-state index >= 15 is 0 Å². The molecule has 27 heavy (non-hydrogen) atoms. The molecule has 0 aliphatic carbocycles. The van der Waals surface area contributed by atoms with Crippen LogP contribution in [0.25, 0.3) is 0 Å². The fraction of sp³-hybridized carbons (Fsp3) is 0.714. The molecule has 0 radical (unpaired) electrons. The van der Waals surface area contributed by atoms with Crippen molar-refractivity contribution in [1.82, 2.24) is 19.9 Å². The van der Waals surface area contributed by atoms with Gasteiger partial charge in [-0.2, -0.15) is 17.5 Å². The van der Waals surface area contributed by atoms with Crippen molar-refractivity contribution in [2.45, 2.75) is 44.8 Å². The lowest BCUT2D eigenvalue weighted by atomic mass is 10.1. The number of oxazole rings is 1. The van der Waals surface area contributed by atoms with E-state index in [9.17, 15) is 21.6 Å². The van der Waals surface area contributed by atoms with Gasteiger partial charge < -0.3 is 15.1 Å². The van der Waals surface area contributed by atoms with Gasteiger partial charge in [0.25, 0.3) is 0 Å². The van der Waals surface area contributed by atoms with Crippen molar-refractivity contribution < 1.29 is 26.0 Å². The minimum absolute atomic E-state index is 0. The van der Waals surface area contributed by atoms with Crippen LogP contribution in [0.1, 0.15) is 30.2 Å². The minimum Gasteiger partial charge on any atom is -0.444 e. The van der Waals surface area contributed by atoms with Crippen molar-refractivity contribution >= 4 is 40.0 Å². The fourth-order valence-corrected chi connectivity index (χ4v) is 3.53. The van der Waals surface area contributed by atoms with Crippen molar-refractivity contribution in [2.75, 3.05) is 20.1 Å². The third-order valence-electron chi connectivity index (χ3n) is 4.13. The summed E-state index contributed by atoms with van der Waals surface area (Å²) in [5.41, 5.74) is -4.47. The quantitative estimate of drug-likeness (QED) is 0.354. The third kappa shape index (κ3) is 5.94. The van der Waals surface area contributed by atoms with Gasteiger partial charge in [-0.3, -0.25) is 4.99 Å². The largest absolute Gasteiger partial charge is 0.511 e. The Labute approximate surface area is 173 Å². The number of piperidine rings is 1. The second-order valence-corrected chi connectivity index (χ2v) is 7.87. The number of hydrogen-bond acceptors (Lipinski definition) is 5. The van der Waals surface area contributed by atoms with Gasteiger partial charge >= 0.3 is 15.5 Å². The van der Waals surface area contributed by atoms with Crippen LogP contribution in [0.4, 0.5) is 13.2 Å². The van der Waals surface area contributed by atoms with Gasteiger partial charge in [0.15, 0.2) is 5.96 Å². The van der Waals surface area contributed by atoms with E-state index in [1.807, 2.05) is 13.8 Å². The molecule has 1 fully saturated rings. The second kappa shape index (κ2) is 9.41. The normalized spacial score (nSPS) is 17.5. The van der Waals surface area contributed by atoms with Crippen LogP contribution in [0.2, 0.25) is 0 Å². The van der Waals surface area contributed by atoms with Gasteiger partial charge in [0.05, 0.1) is 12.2 Å². The number of hydrogen-bond donors (Lipinski definition) is 2. The van der Waals surface area contributed by atoms with Crippen LogP contribution in [0, 0.1) is 13.8 Å². The summed E-state index contributed by atoms with van der Waals surface area (Å²) < 4.78 is 66.5. The topological polar surface area (TPSA) is 99.8 Å². The Kier molecular flexibility index (Phi) is 8.34. The van der Waals surface area contributed by atoms with Gasteiger partial charge in [0, 0.05) is 26.2 Å². The van der Waals surface area contributed by atoms with Crippen molar-refractivity contribution in [1.29, 1.82) is 0 Å². The van der Waals surface area contributed by atoms with Crippen LogP contribution in [0.5, 0.6) is 0 Å². The highest BCUT2D eigenvalue weighted by Gasteiger charge is 2.50. The lowest BCUT2D eigenvalue weighted by Crippen LogP contribution is -2.51. The van der Waals surface area contributed by atoms with Crippen molar-refractivity contribution in [2.24, 2.45) is 4.99 Å². The molecular weight excluding hydrogens is 502 g/mol. The molecule has 13 heteroatoms. The summed E-state index contributed by atoms with van der Waals surface area (Å²) >= 11 is 0. The molecule has 0 spiro atoms. The van der Waals surface area contributed by atoms with Crippen molar-refractivity contribution in [3.05, 3.63) is 17.3 Å². The summed E-state index contributed by atoms with van der Waals surface area (Å²) in [5, 5.41) is 6.08. The maximum Gasteiger partial charge on any atom is 0.511 e. The molecule has 2 heterocycles. The number of halogens is 4. The third-order valence-corrected chi connectivity index (χ3v) is 5.76. The predicted octanol–water partition coefficient (Wildman–Crippen LogP) is 1.89. The zero-order valence-electron chi connectivity index (χ0n) is 15.1. The van der Waals surface area contributed by atoms with E-state index in [4.69, 9.17) is 4.42 Å². The van der Waals surface area contributed by atoms with E-state index in [0.717, 1.165) is 11.5 Å². The van der Waals surface area contributed by atoms with E-state index in [1.165, 1.54) is 0 Å². The van der Waals surface area contributed by atoms with Crippen LogP contribution in [0.15, 0.2) is 9.41 Å². The lowest BCUT2D eigenvalue weighted by molar-refractivity contribution is -0.0494. The average molecular weight is 525 g/mol. The number of aliphatic imine (C=N–C) groups is 1. The first-order valence-corrected chi connectivity index (χ1v) is 9.45. The highest BCUT2D eigenvalue weighted by molar-refractivity contribution is 14.0. The Hall–Kier alpha value is -1.09. The maximum atomic E-state index is 12.6. The van der Waals surface area contributed by atoms with Gasteiger partial charge in [-0.25, -0.2) is 13.4 Å². The van der Waals surface area contributed by atoms with Gasteiger partial charge in [0.1, 0.15) is 5.76 Å². The molecule has 0 amide bonds. The fourth-order valence-electron chi connectivity index (χ4n) is 2.55. The molecule has 2 N–H and O–H groups in total. The van der Waals surface area contributed by atoms with Crippen molar-refractivity contribution in [3.8, 4) is 0 Å². The van der Waals surface area contributed by atoms with E-state index in [1.54, 1.807) is 7.05 Å². The Morgan fingerprint density at radius 1 is 1.33 bits per heavy atom. The summed E-state index contributed by atoms with van der Waals surface area (Å²) in [7, 11) is -3.71. The second-order valence-electron chi connectivity index (χ2n) is 5.94. The number of aryl methyl sites for hydroxylation is 2. The standard InChI is InChI=1S/C14H22F3N5O3S.HI/c1-9-10(2)25-12(20-9)8-19-13(18-3)21-11-4-6-22(7-5-11)26(23,24)14(15,16)17;/h11H,4-8H2,1-3H3,(H2,18,19,21);1H. The van der Waals surface area contributed by atoms with Crippen LogP contribution < -0.4 is 10.6 Å². The first kappa shape index (κ1) is 23.9. The highest BCUT2D eigenvalue weighted by atomic mass is 127. The zero-order chi connectivity index (χ0) is 19.5. The molecule has 0 bridgehead atoms. The number of rotatable bonds is 4. The molecule has 0 unspecified atom stereocenters. The Morgan fingerprint density at radius 2 is 1.93 bits per heavy atom. The molecular formula is C14H23F3IN5O3S. The monoisotopic (exact) mass is 525 g/mol. The molecule has 0 aromatic carbocycles. The summed E-state index contributed by atoms with van der Waals surface area (Å²) in [6.07, 6.45) is 0.487. The van der Waals surface area contributed by atoms with Crippen LogP contribution in [-0.4, -0.2) is 55.4 Å². The van der Waals surface area contributed by atoms with Crippen LogP contribution >= 0.6 is 24.0 Å². The number of sulfonamides is 1. The number of alkyl halides is 3. The minimum atomic E-state index is -5.27. The van der Waals surface area contributed by atoms with Gasteiger partial charge in [-0.1, -0.05) is 0 Å². The molecule has 1 aliphatic rings. The highest BCUT2D eigenvalue weighted by Crippen LogP contribution is 2.28. The molecule has 0 saturated carbocycles. The Bertz CT molecular complexity index is 739. The van der Waals surface area contributed by atoms with Crippen LogP contribution in [-0.2, 0) is 16.6 Å². The summed E-state index contributed by atoms with van der Waals surface area (Å²) in [5.74, 6) is 1.66. The Balaban J connectivity index is 0.00000364. The molecule has 8 nitrogen and oxygen atoms in total. The molecule has 1 aromatic rings.